The predicted octanol–water partition coefficient (Wildman–Crippen LogP) is 0.645. The lowest BCUT2D eigenvalue weighted by Gasteiger charge is -2.35. The Bertz CT molecular complexity index is 763. The zero-order valence-electron chi connectivity index (χ0n) is 15.3. The van der Waals surface area contributed by atoms with Crippen LogP contribution < -0.4 is 5.32 Å². The molecular formula is C16H28N4O3SSi. The Kier molecular flexibility index (Phi) is 5.09. The predicted molar refractivity (Wildman–Crippen MR) is 100 cm³/mol. The number of hydrogen-bond acceptors (Lipinski definition) is 5. The normalized spacial score (nSPS) is 22.4. The summed E-state index contributed by atoms with van der Waals surface area (Å²) >= 11 is 0. The number of carbonyl (C=O) groups excluding carboxylic acids is 1. The summed E-state index contributed by atoms with van der Waals surface area (Å²) in [6.07, 6.45) is 0.395. The SMILES string of the molecule is Cn1nc2c(c1C(=O)NCCN1CC[Si](C)(C)CC1)CS(=O)(=O)CC2. The second-order valence-electron chi connectivity index (χ2n) is 8.00. The van der Waals surface area contributed by atoms with Crippen LogP contribution in [0.15, 0.2) is 0 Å². The summed E-state index contributed by atoms with van der Waals surface area (Å²) in [4.78, 5) is 15.0. The Morgan fingerprint density at radius 1 is 1.28 bits per heavy atom. The van der Waals surface area contributed by atoms with Gasteiger partial charge in [0.1, 0.15) is 5.69 Å². The number of amides is 1. The molecule has 0 aliphatic carbocycles. The molecule has 1 saturated heterocycles. The molecule has 0 atom stereocenters. The summed E-state index contributed by atoms with van der Waals surface area (Å²) in [5.74, 6) is -0.183. The summed E-state index contributed by atoms with van der Waals surface area (Å²) in [5.41, 5.74) is 1.72. The first-order chi connectivity index (χ1) is 11.7. The molecule has 2 aliphatic rings. The van der Waals surface area contributed by atoms with Gasteiger partial charge in [-0.15, -0.1) is 0 Å². The molecule has 1 fully saturated rings. The fraction of sp³-hybridized carbons (Fsp3) is 0.750. The molecule has 1 amide bonds. The van der Waals surface area contributed by atoms with Crippen LogP contribution in [0.25, 0.3) is 0 Å². The van der Waals surface area contributed by atoms with Crippen LogP contribution in [0.2, 0.25) is 25.2 Å². The molecule has 0 saturated carbocycles. The van der Waals surface area contributed by atoms with Crippen LogP contribution in [-0.4, -0.2) is 69.0 Å². The minimum Gasteiger partial charge on any atom is -0.349 e. The molecule has 1 aromatic rings. The second-order valence-corrected chi connectivity index (χ2v) is 15.5. The van der Waals surface area contributed by atoms with Gasteiger partial charge >= 0.3 is 0 Å². The van der Waals surface area contributed by atoms with E-state index in [1.807, 2.05) is 0 Å². The maximum Gasteiger partial charge on any atom is 0.269 e. The Morgan fingerprint density at radius 3 is 2.64 bits per heavy atom. The first-order valence-corrected chi connectivity index (χ1v) is 14.2. The molecule has 140 valence electrons. The first kappa shape index (κ1) is 18.6. The average molecular weight is 385 g/mol. The van der Waals surface area contributed by atoms with Crippen LogP contribution in [0.3, 0.4) is 0 Å². The van der Waals surface area contributed by atoms with E-state index in [2.05, 4.69) is 28.4 Å². The van der Waals surface area contributed by atoms with Crippen LogP contribution >= 0.6 is 0 Å². The van der Waals surface area contributed by atoms with E-state index in [9.17, 15) is 13.2 Å². The molecule has 0 radical (unpaired) electrons. The summed E-state index contributed by atoms with van der Waals surface area (Å²) in [6, 6.07) is 2.63. The average Bonchev–Trinajstić information content (AvgIpc) is 2.83. The minimum atomic E-state index is -3.13. The maximum atomic E-state index is 12.6. The van der Waals surface area contributed by atoms with Crippen LogP contribution in [0.4, 0.5) is 0 Å². The highest BCUT2D eigenvalue weighted by atomic mass is 32.2. The third-order valence-corrected chi connectivity index (χ3v) is 10.1. The van der Waals surface area contributed by atoms with Gasteiger partial charge in [0.15, 0.2) is 9.84 Å². The first-order valence-electron chi connectivity index (χ1n) is 8.93. The van der Waals surface area contributed by atoms with Crippen molar-refractivity contribution in [3.8, 4) is 0 Å². The molecule has 25 heavy (non-hydrogen) atoms. The molecule has 0 unspecified atom stereocenters. The van der Waals surface area contributed by atoms with E-state index in [1.165, 1.54) is 16.8 Å². The van der Waals surface area contributed by atoms with Crippen molar-refractivity contribution in [1.29, 1.82) is 0 Å². The standard InChI is InChI=1S/C16H28N4O3SSi/c1-19-15(13-12-24(22,23)9-4-14(13)18-19)16(21)17-5-6-20-7-10-25(2,3)11-8-20/h4-12H2,1-3H3,(H,17,21). The van der Waals surface area contributed by atoms with E-state index in [0.717, 1.165) is 25.3 Å². The van der Waals surface area contributed by atoms with Gasteiger partial charge in [0.05, 0.1) is 17.2 Å². The Morgan fingerprint density at radius 2 is 1.96 bits per heavy atom. The van der Waals surface area contributed by atoms with Crippen LogP contribution in [0.1, 0.15) is 21.7 Å². The van der Waals surface area contributed by atoms with Crippen molar-refractivity contribution in [2.24, 2.45) is 7.05 Å². The zero-order valence-corrected chi connectivity index (χ0v) is 17.2. The van der Waals surface area contributed by atoms with Crippen LogP contribution in [0.5, 0.6) is 0 Å². The molecule has 2 aliphatic heterocycles. The number of aromatic nitrogens is 2. The molecule has 9 heteroatoms. The monoisotopic (exact) mass is 384 g/mol. The number of rotatable bonds is 4. The van der Waals surface area contributed by atoms with Crippen molar-refractivity contribution >= 4 is 23.8 Å². The molecule has 0 bridgehead atoms. The summed E-state index contributed by atoms with van der Waals surface area (Å²) in [7, 11) is -2.39. The highest BCUT2D eigenvalue weighted by Gasteiger charge is 2.31. The molecule has 3 rings (SSSR count). The van der Waals surface area contributed by atoms with Crippen molar-refractivity contribution in [1.82, 2.24) is 20.0 Å². The summed E-state index contributed by atoms with van der Waals surface area (Å²) in [6.45, 7) is 8.53. The number of aryl methyl sites for hydroxylation is 2. The largest absolute Gasteiger partial charge is 0.349 e. The van der Waals surface area contributed by atoms with E-state index in [-0.39, 0.29) is 17.4 Å². The van der Waals surface area contributed by atoms with E-state index < -0.39 is 17.9 Å². The number of carbonyl (C=O) groups is 1. The minimum absolute atomic E-state index is 0.0786. The number of nitrogens with one attached hydrogen (secondary N) is 1. The van der Waals surface area contributed by atoms with Gasteiger partial charge in [-0.2, -0.15) is 5.10 Å². The van der Waals surface area contributed by atoms with Gasteiger partial charge in [0, 0.05) is 40.2 Å². The van der Waals surface area contributed by atoms with Crippen molar-refractivity contribution in [3.63, 3.8) is 0 Å². The quantitative estimate of drug-likeness (QED) is 0.771. The molecule has 3 heterocycles. The van der Waals surface area contributed by atoms with Crippen LogP contribution in [0, 0.1) is 0 Å². The Hall–Kier alpha value is -1.19. The third-order valence-electron chi connectivity index (χ3n) is 5.38. The zero-order chi connectivity index (χ0) is 18.2. The summed E-state index contributed by atoms with van der Waals surface area (Å²) < 4.78 is 25.3. The van der Waals surface area contributed by atoms with Gasteiger partial charge in [-0.1, -0.05) is 13.1 Å². The van der Waals surface area contributed by atoms with Gasteiger partial charge in [-0.05, 0) is 25.2 Å². The fourth-order valence-corrected chi connectivity index (χ4v) is 7.08. The van der Waals surface area contributed by atoms with Gasteiger partial charge in [-0.3, -0.25) is 9.48 Å². The molecule has 0 aromatic carbocycles. The molecule has 7 nitrogen and oxygen atoms in total. The van der Waals surface area contributed by atoms with Crippen molar-refractivity contribution in [2.75, 3.05) is 31.9 Å². The van der Waals surface area contributed by atoms with Crippen molar-refractivity contribution in [3.05, 3.63) is 17.0 Å². The van der Waals surface area contributed by atoms with Crippen molar-refractivity contribution < 1.29 is 13.2 Å². The molecule has 1 N–H and O–H groups in total. The number of sulfone groups is 1. The highest BCUT2D eigenvalue weighted by molar-refractivity contribution is 7.90. The van der Waals surface area contributed by atoms with Gasteiger partial charge in [0.25, 0.3) is 5.91 Å². The van der Waals surface area contributed by atoms with E-state index in [1.54, 1.807) is 7.05 Å². The fourth-order valence-electron chi connectivity index (χ4n) is 3.60. The van der Waals surface area contributed by atoms with E-state index in [0.29, 0.717) is 24.2 Å². The number of fused-ring (bicyclic) bond motifs is 1. The lowest BCUT2D eigenvalue weighted by molar-refractivity contribution is 0.0938. The smallest absolute Gasteiger partial charge is 0.269 e. The number of hydrogen-bond donors (Lipinski definition) is 1. The van der Waals surface area contributed by atoms with E-state index >= 15 is 0 Å². The van der Waals surface area contributed by atoms with Crippen molar-refractivity contribution in [2.45, 2.75) is 37.4 Å². The Labute approximate surface area is 150 Å². The molecular weight excluding hydrogens is 356 g/mol. The third kappa shape index (κ3) is 4.32. The highest BCUT2D eigenvalue weighted by Crippen LogP contribution is 2.24. The second kappa shape index (κ2) is 6.84. The number of nitrogens with zero attached hydrogens (tertiary/aromatic N) is 3. The maximum absolute atomic E-state index is 12.6. The van der Waals surface area contributed by atoms with Gasteiger partial charge in [0.2, 0.25) is 0 Å². The summed E-state index contributed by atoms with van der Waals surface area (Å²) in [5, 5.41) is 7.28. The lowest BCUT2D eigenvalue weighted by atomic mass is 10.1. The topological polar surface area (TPSA) is 84.3 Å². The van der Waals surface area contributed by atoms with Crippen LogP contribution in [-0.2, 0) is 29.1 Å². The Balaban J connectivity index is 1.59. The van der Waals surface area contributed by atoms with Gasteiger partial charge < -0.3 is 10.2 Å². The lowest BCUT2D eigenvalue weighted by Crippen LogP contribution is -2.45. The van der Waals surface area contributed by atoms with Gasteiger partial charge in [-0.25, -0.2) is 8.42 Å². The van der Waals surface area contributed by atoms with E-state index in [4.69, 9.17) is 0 Å². The molecule has 0 spiro atoms. The molecule has 1 aromatic heterocycles.